The summed E-state index contributed by atoms with van der Waals surface area (Å²) in [4.78, 5) is 25.1. The highest BCUT2D eigenvalue weighted by Crippen LogP contribution is 2.11. The van der Waals surface area contributed by atoms with Crippen LogP contribution in [0.3, 0.4) is 0 Å². The van der Waals surface area contributed by atoms with Crippen LogP contribution in [0.5, 0.6) is 0 Å². The Morgan fingerprint density at radius 1 is 1.26 bits per heavy atom. The zero-order valence-electron chi connectivity index (χ0n) is 11.3. The van der Waals surface area contributed by atoms with Crippen LogP contribution in [0.15, 0.2) is 24.3 Å². The molecular weight excluding hydrogens is 242 g/mol. The number of hydrogen-bond donors (Lipinski definition) is 2. The van der Waals surface area contributed by atoms with Gasteiger partial charge in [0.1, 0.15) is 0 Å². The van der Waals surface area contributed by atoms with Crippen LogP contribution < -0.4 is 10.6 Å². The van der Waals surface area contributed by atoms with E-state index in [0.717, 1.165) is 19.5 Å². The van der Waals surface area contributed by atoms with Crippen molar-refractivity contribution in [2.75, 3.05) is 25.5 Å². The molecule has 1 atom stereocenters. The summed E-state index contributed by atoms with van der Waals surface area (Å²) >= 11 is 0. The fourth-order valence-electron chi connectivity index (χ4n) is 2.19. The van der Waals surface area contributed by atoms with E-state index in [1.807, 2.05) is 7.05 Å². The van der Waals surface area contributed by atoms with Gasteiger partial charge in [-0.15, -0.1) is 0 Å². The number of carbonyl (C=O) groups excluding carboxylic acids is 2. The lowest BCUT2D eigenvalue weighted by Gasteiger charge is -2.13. The monoisotopic (exact) mass is 261 g/mol. The minimum Gasteiger partial charge on any atom is -0.334 e. The van der Waals surface area contributed by atoms with E-state index in [9.17, 15) is 9.59 Å². The summed E-state index contributed by atoms with van der Waals surface area (Å²) in [5, 5.41) is 5.71. The van der Waals surface area contributed by atoms with E-state index in [0.29, 0.717) is 11.3 Å². The maximum atomic E-state index is 11.8. The highest BCUT2D eigenvalue weighted by atomic mass is 16.2. The molecule has 5 nitrogen and oxygen atoms in total. The van der Waals surface area contributed by atoms with Crippen molar-refractivity contribution < 1.29 is 9.59 Å². The predicted molar refractivity (Wildman–Crippen MR) is 74.5 cm³/mol. The molecule has 0 aliphatic carbocycles. The van der Waals surface area contributed by atoms with Gasteiger partial charge in [0, 0.05) is 23.8 Å². The maximum Gasteiger partial charge on any atom is 0.319 e. The Bertz CT molecular complexity index is 470. The van der Waals surface area contributed by atoms with Crippen molar-refractivity contribution in [2.45, 2.75) is 19.4 Å². The van der Waals surface area contributed by atoms with Crippen molar-refractivity contribution in [3.8, 4) is 0 Å². The number of likely N-dealkylation sites (N-methyl/N-ethyl adjacent to an activating group) is 1. The standard InChI is InChI=1S/C14H19N3O2/c1-10(18)11-3-5-12(6-4-11)15-14(19)16-13-7-8-17(2)9-13/h3-6,13H,7-9H2,1-2H3,(H2,15,16,19). The van der Waals surface area contributed by atoms with Gasteiger partial charge < -0.3 is 15.5 Å². The number of ketones is 1. The maximum absolute atomic E-state index is 11.8. The molecule has 1 saturated heterocycles. The molecule has 0 bridgehead atoms. The molecule has 0 radical (unpaired) electrons. The first-order valence-corrected chi connectivity index (χ1v) is 6.41. The average molecular weight is 261 g/mol. The SMILES string of the molecule is CC(=O)c1ccc(NC(=O)NC2CCN(C)C2)cc1. The summed E-state index contributed by atoms with van der Waals surface area (Å²) in [7, 11) is 2.04. The Balaban J connectivity index is 1.86. The van der Waals surface area contributed by atoms with Crippen LogP contribution in [0.2, 0.25) is 0 Å². The zero-order chi connectivity index (χ0) is 13.8. The van der Waals surface area contributed by atoms with Gasteiger partial charge in [0.05, 0.1) is 0 Å². The van der Waals surface area contributed by atoms with Crippen LogP contribution in [-0.2, 0) is 0 Å². The van der Waals surface area contributed by atoms with Gasteiger partial charge >= 0.3 is 6.03 Å². The number of likely N-dealkylation sites (tertiary alicyclic amines) is 1. The van der Waals surface area contributed by atoms with Crippen molar-refractivity contribution in [3.05, 3.63) is 29.8 Å². The summed E-state index contributed by atoms with van der Waals surface area (Å²) in [6.45, 7) is 3.42. The quantitative estimate of drug-likeness (QED) is 0.814. The van der Waals surface area contributed by atoms with Crippen LogP contribution in [0.4, 0.5) is 10.5 Å². The first-order valence-electron chi connectivity index (χ1n) is 6.41. The van der Waals surface area contributed by atoms with Crippen molar-refractivity contribution in [2.24, 2.45) is 0 Å². The summed E-state index contributed by atoms with van der Waals surface area (Å²) in [6.07, 6.45) is 0.979. The van der Waals surface area contributed by atoms with Gasteiger partial charge in [0.2, 0.25) is 0 Å². The lowest BCUT2D eigenvalue weighted by molar-refractivity contribution is 0.101. The van der Waals surface area contributed by atoms with E-state index in [1.54, 1.807) is 24.3 Å². The molecule has 0 aromatic heterocycles. The summed E-state index contributed by atoms with van der Waals surface area (Å²) < 4.78 is 0. The summed E-state index contributed by atoms with van der Waals surface area (Å²) in [6, 6.07) is 6.90. The van der Waals surface area contributed by atoms with Gasteiger partial charge in [-0.3, -0.25) is 4.79 Å². The van der Waals surface area contributed by atoms with Crippen LogP contribution >= 0.6 is 0 Å². The molecule has 1 heterocycles. The largest absolute Gasteiger partial charge is 0.334 e. The number of anilines is 1. The van der Waals surface area contributed by atoms with Gasteiger partial charge in [0.15, 0.2) is 5.78 Å². The highest BCUT2D eigenvalue weighted by Gasteiger charge is 2.20. The molecule has 1 aliphatic rings. The third-order valence-electron chi connectivity index (χ3n) is 3.28. The molecule has 1 aliphatic heterocycles. The number of amides is 2. The fraction of sp³-hybridized carbons (Fsp3) is 0.429. The molecule has 5 heteroatoms. The number of urea groups is 1. The highest BCUT2D eigenvalue weighted by molar-refractivity contribution is 5.95. The van der Waals surface area contributed by atoms with E-state index < -0.39 is 0 Å². The van der Waals surface area contributed by atoms with Crippen LogP contribution in [0, 0.1) is 0 Å². The van der Waals surface area contributed by atoms with E-state index in [2.05, 4.69) is 15.5 Å². The molecule has 1 fully saturated rings. The van der Waals surface area contributed by atoms with E-state index in [-0.39, 0.29) is 17.9 Å². The Morgan fingerprint density at radius 3 is 2.47 bits per heavy atom. The predicted octanol–water partition coefficient (Wildman–Crippen LogP) is 1.71. The van der Waals surface area contributed by atoms with Crippen LogP contribution in [0.1, 0.15) is 23.7 Å². The molecule has 2 amide bonds. The smallest absolute Gasteiger partial charge is 0.319 e. The second-order valence-corrected chi connectivity index (χ2v) is 4.98. The number of rotatable bonds is 3. The minimum atomic E-state index is -0.198. The van der Waals surface area contributed by atoms with Crippen molar-refractivity contribution in [1.82, 2.24) is 10.2 Å². The average Bonchev–Trinajstić information content (AvgIpc) is 2.75. The number of benzene rings is 1. The first kappa shape index (κ1) is 13.5. The molecule has 1 aromatic rings. The lowest BCUT2D eigenvalue weighted by Crippen LogP contribution is -2.39. The molecule has 1 unspecified atom stereocenters. The van der Waals surface area contributed by atoms with Crippen LogP contribution in [0.25, 0.3) is 0 Å². The Morgan fingerprint density at radius 2 is 1.95 bits per heavy atom. The Labute approximate surface area is 113 Å². The molecule has 0 spiro atoms. The summed E-state index contributed by atoms with van der Waals surface area (Å²) in [5.41, 5.74) is 1.33. The Kier molecular flexibility index (Phi) is 4.16. The second-order valence-electron chi connectivity index (χ2n) is 4.98. The number of Topliss-reactive ketones (excluding diaryl/α,β-unsaturated/α-hetero) is 1. The topological polar surface area (TPSA) is 61.4 Å². The van der Waals surface area contributed by atoms with E-state index >= 15 is 0 Å². The van der Waals surface area contributed by atoms with Crippen LogP contribution in [-0.4, -0.2) is 42.9 Å². The van der Waals surface area contributed by atoms with Gasteiger partial charge in [-0.05, 0) is 51.2 Å². The molecule has 1 aromatic carbocycles. The minimum absolute atomic E-state index is 0.0185. The third kappa shape index (κ3) is 3.79. The van der Waals surface area contributed by atoms with Crippen molar-refractivity contribution >= 4 is 17.5 Å². The molecular formula is C14H19N3O2. The van der Waals surface area contributed by atoms with Gasteiger partial charge in [-0.25, -0.2) is 4.79 Å². The van der Waals surface area contributed by atoms with E-state index in [1.165, 1.54) is 6.92 Å². The van der Waals surface area contributed by atoms with E-state index in [4.69, 9.17) is 0 Å². The third-order valence-corrected chi connectivity index (χ3v) is 3.28. The number of hydrogen-bond acceptors (Lipinski definition) is 3. The molecule has 2 rings (SSSR count). The fourth-order valence-corrected chi connectivity index (χ4v) is 2.19. The molecule has 2 N–H and O–H groups in total. The molecule has 102 valence electrons. The second kappa shape index (κ2) is 5.84. The number of nitrogens with one attached hydrogen (secondary N) is 2. The lowest BCUT2D eigenvalue weighted by atomic mass is 10.1. The number of carbonyl (C=O) groups is 2. The van der Waals surface area contributed by atoms with Crippen molar-refractivity contribution in [3.63, 3.8) is 0 Å². The zero-order valence-corrected chi connectivity index (χ0v) is 11.3. The molecule has 0 saturated carbocycles. The first-order chi connectivity index (χ1) is 9.04. The normalized spacial score (nSPS) is 19.2. The molecule has 19 heavy (non-hydrogen) atoms. The summed E-state index contributed by atoms with van der Waals surface area (Å²) in [5.74, 6) is 0.0185. The van der Waals surface area contributed by atoms with Gasteiger partial charge in [0.25, 0.3) is 0 Å². The van der Waals surface area contributed by atoms with Gasteiger partial charge in [-0.2, -0.15) is 0 Å². The Hall–Kier alpha value is -1.88. The van der Waals surface area contributed by atoms with Crippen molar-refractivity contribution in [1.29, 1.82) is 0 Å². The van der Waals surface area contributed by atoms with Gasteiger partial charge in [-0.1, -0.05) is 0 Å². The number of nitrogens with zero attached hydrogens (tertiary/aromatic N) is 1.